The lowest BCUT2D eigenvalue weighted by molar-refractivity contribution is 0.0523. The summed E-state index contributed by atoms with van der Waals surface area (Å²) in [5, 5.41) is 0.729. The highest BCUT2D eigenvalue weighted by Crippen LogP contribution is 2.36. The van der Waals surface area contributed by atoms with Gasteiger partial charge in [0.25, 0.3) is 0 Å². The zero-order valence-corrected chi connectivity index (χ0v) is 12.6. The second kappa shape index (κ2) is 5.19. The molecule has 108 valence electrons. The lowest BCUT2D eigenvalue weighted by atomic mass is 9.89. The predicted molar refractivity (Wildman–Crippen MR) is 77.4 cm³/mol. The Morgan fingerprint density at radius 1 is 1.30 bits per heavy atom. The summed E-state index contributed by atoms with van der Waals surface area (Å²) >= 11 is 0. The van der Waals surface area contributed by atoms with Crippen LogP contribution < -0.4 is 4.74 Å². The number of carbonyl (C=O) groups excluding carboxylic acids is 1. The smallest absolute Gasteiger partial charge is 0.342 e. The van der Waals surface area contributed by atoms with Gasteiger partial charge in [0.1, 0.15) is 22.7 Å². The zero-order valence-electron chi connectivity index (χ0n) is 12.6. The van der Waals surface area contributed by atoms with E-state index in [1.54, 1.807) is 20.1 Å². The highest BCUT2D eigenvalue weighted by Gasteiger charge is 2.30. The van der Waals surface area contributed by atoms with Gasteiger partial charge in [0, 0.05) is 10.8 Å². The molecule has 1 heterocycles. The van der Waals surface area contributed by atoms with Crippen LogP contribution in [0.1, 0.15) is 43.8 Å². The number of fused-ring (bicyclic) bond motifs is 1. The summed E-state index contributed by atoms with van der Waals surface area (Å²) < 4.78 is 16.3. The minimum Gasteiger partial charge on any atom is -0.497 e. The monoisotopic (exact) mass is 276 g/mol. The van der Waals surface area contributed by atoms with Crippen LogP contribution in [0.5, 0.6) is 5.75 Å². The number of ether oxygens (including phenoxy) is 2. The minimum absolute atomic E-state index is 0.283. The molecular formula is C16H20O4. The Balaban J connectivity index is 2.72. The predicted octanol–water partition coefficient (Wildman–Crippen LogP) is 3.92. The molecule has 4 nitrogen and oxygen atoms in total. The van der Waals surface area contributed by atoms with Crippen molar-refractivity contribution < 1.29 is 18.7 Å². The van der Waals surface area contributed by atoms with Gasteiger partial charge in [0.2, 0.25) is 0 Å². The fraction of sp³-hybridized carbons (Fsp3) is 0.438. The largest absolute Gasteiger partial charge is 0.497 e. The molecule has 0 aliphatic rings. The molecule has 4 heteroatoms. The van der Waals surface area contributed by atoms with E-state index in [0.29, 0.717) is 29.3 Å². The highest BCUT2D eigenvalue weighted by molar-refractivity contribution is 6.05. The van der Waals surface area contributed by atoms with Crippen LogP contribution in [0.3, 0.4) is 0 Å². The quantitative estimate of drug-likeness (QED) is 0.797. The van der Waals surface area contributed by atoms with Crippen molar-refractivity contribution in [1.29, 1.82) is 0 Å². The fourth-order valence-corrected chi connectivity index (χ4v) is 2.14. The van der Waals surface area contributed by atoms with Gasteiger partial charge < -0.3 is 13.9 Å². The normalized spacial score (nSPS) is 11.7. The number of hydrogen-bond donors (Lipinski definition) is 0. The highest BCUT2D eigenvalue weighted by atomic mass is 16.5. The Kier molecular flexibility index (Phi) is 3.75. The number of carbonyl (C=O) groups is 1. The van der Waals surface area contributed by atoms with Crippen LogP contribution in [0.25, 0.3) is 11.0 Å². The first-order valence-corrected chi connectivity index (χ1v) is 6.66. The van der Waals surface area contributed by atoms with E-state index in [1.807, 2.05) is 32.9 Å². The third kappa shape index (κ3) is 2.50. The summed E-state index contributed by atoms with van der Waals surface area (Å²) in [5.74, 6) is 0.966. The molecule has 0 fully saturated rings. The number of benzene rings is 1. The first-order chi connectivity index (χ1) is 9.38. The molecule has 0 amide bonds. The lowest BCUT2D eigenvalue weighted by Gasteiger charge is -2.16. The molecule has 0 aliphatic heterocycles. The average molecular weight is 276 g/mol. The van der Waals surface area contributed by atoms with E-state index in [0.717, 1.165) is 5.39 Å². The number of hydrogen-bond acceptors (Lipinski definition) is 4. The van der Waals surface area contributed by atoms with Crippen LogP contribution in [0.2, 0.25) is 0 Å². The molecule has 2 rings (SSSR count). The van der Waals surface area contributed by atoms with Crippen LogP contribution in [0.15, 0.2) is 22.6 Å². The fourth-order valence-electron chi connectivity index (χ4n) is 2.14. The Morgan fingerprint density at radius 3 is 2.55 bits per heavy atom. The summed E-state index contributed by atoms with van der Waals surface area (Å²) in [4.78, 5) is 12.3. The summed E-state index contributed by atoms with van der Waals surface area (Å²) in [7, 11) is 1.59. The maximum absolute atomic E-state index is 12.3. The van der Waals surface area contributed by atoms with Crippen LogP contribution in [0, 0.1) is 0 Å². The Hall–Kier alpha value is -1.97. The number of methoxy groups -OCH3 is 1. The van der Waals surface area contributed by atoms with E-state index in [4.69, 9.17) is 13.9 Å². The molecule has 2 aromatic rings. The summed E-state index contributed by atoms with van der Waals surface area (Å²) in [6.07, 6.45) is 0. The maximum Gasteiger partial charge on any atom is 0.342 e. The van der Waals surface area contributed by atoms with Gasteiger partial charge in [-0.1, -0.05) is 20.8 Å². The molecule has 0 saturated carbocycles. The van der Waals surface area contributed by atoms with Crippen molar-refractivity contribution in [2.45, 2.75) is 33.1 Å². The molecule has 20 heavy (non-hydrogen) atoms. The van der Waals surface area contributed by atoms with Gasteiger partial charge in [-0.25, -0.2) is 4.79 Å². The van der Waals surface area contributed by atoms with Gasteiger partial charge >= 0.3 is 5.97 Å². The van der Waals surface area contributed by atoms with Gasteiger partial charge in [0.15, 0.2) is 0 Å². The van der Waals surface area contributed by atoms with Gasteiger partial charge in [-0.3, -0.25) is 0 Å². The summed E-state index contributed by atoms with van der Waals surface area (Å²) in [6.45, 7) is 8.14. The van der Waals surface area contributed by atoms with Crippen LogP contribution in [-0.2, 0) is 10.2 Å². The minimum atomic E-state index is -0.357. The summed E-state index contributed by atoms with van der Waals surface area (Å²) in [5.41, 5.74) is 0.876. The van der Waals surface area contributed by atoms with Crippen LogP contribution in [-0.4, -0.2) is 19.7 Å². The number of esters is 1. The van der Waals surface area contributed by atoms with Crippen molar-refractivity contribution in [3.05, 3.63) is 29.5 Å². The van der Waals surface area contributed by atoms with Gasteiger partial charge in [-0.2, -0.15) is 0 Å². The average Bonchev–Trinajstić information content (AvgIpc) is 2.77. The van der Waals surface area contributed by atoms with Crippen molar-refractivity contribution in [1.82, 2.24) is 0 Å². The molecule has 0 bridgehead atoms. The second-order valence-corrected chi connectivity index (χ2v) is 5.64. The Morgan fingerprint density at radius 2 is 2.00 bits per heavy atom. The molecule has 0 atom stereocenters. The molecule has 0 saturated heterocycles. The molecule has 0 aliphatic carbocycles. The molecule has 0 N–H and O–H groups in total. The Bertz CT molecular complexity index is 632. The third-order valence-electron chi connectivity index (χ3n) is 3.06. The SMILES string of the molecule is CCOC(=O)c1c(C(C)(C)C)oc2ccc(OC)cc12. The van der Waals surface area contributed by atoms with E-state index in [2.05, 4.69) is 0 Å². The molecular weight excluding hydrogens is 256 g/mol. The number of rotatable bonds is 3. The van der Waals surface area contributed by atoms with Gasteiger partial charge in [0.05, 0.1) is 13.7 Å². The van der Waals surface area contributed by atoms with Crippen molar-refractivity contribution in [2.24, 2.45) is 0 Å². The van der Waals surface area contributed by atoms with Crippen molar-refractivity contribution >= 4 is 16.9 Å². The van der Waals surface area contributed by atoms with Gasteiger partial charge in [-0.05, 0) is 25.1 Å². The standard InChI is InChI=1S/C16H20O4/c1-6-19-15(17)13-11-9-10(18-5)7-8-12(11)20-14(13)16(2,3)4/h7-9H,6H2,1-5H3. The van der Waals surface area contributed by atoms with Crippen molar-refractivity contribution in [3.8, 4) is 5.75 Å². The molecule has 0 unspecified atom stereocenters. The van der Waals surface area contributed by atoms with Crippen molar-refractivity contribution in [3.63, 3.8) is 0 Å². The lowest BCUT2D eigenvalue weighted by Crippen LogP contribution is -2.16. The maximum atomic E-state index is 12.3. The third-order valence-corrected chi connectivity index (χ3v) is 3.06. The molecule has 0 radical (unpaired) electrons. The molecule has 1 aromatic carbocycles. The van der Waals surface area contributed by atoms with E-state index in [-0.39, 0.29) is 11.4 Å². The molecule has 1 aromatic heterocycles. The van der Waals surface area contributed by atoms with Gasteiger partial charge in [-0.15, -0.1) is 0 Å². The Labute approximate surface area is 118 Å². The van der Waals surface area contributed by atoms with E-state index in [1.165, 1.54) is 0 Å². The van der Waals surface area contributed by atoms with Crippen molar-refractivity contribution in [2.75, 3.05) is 13.7 Å². The van der Waals surface area contributed by atoms with Crippen LogP contribution >= 0.6 is 0 Å². The van der Waals surface area contributed by atoms with E-state index in [9.17, 15) is 4.79 Å². The topological polar surface area (TPSA) is 48.7 Å². The first-order valence-electron chi connectivity index (χ1n) is 6.66. The van der Waals surface area contributed by atoms with E-state index < -0.39 is 0 Å². The zero-order chi connectivity index (χ0) is 14.9. The first kappa shape index (κ1) is 14.4. The second-order valence-electron chi connectivity index (χ2n) is 5.64. The molecule has 0 spiro atoms. The number of furan rings is 1. The van der Waals surface area contributed by atoms with E-state index >= 15 is 0 Å². The van der Waals surface area contributed by atoms with Crippen LogP contribution in [0.4, 0.5) is 0 Å². The summed E-state index contributed by atoms with van der Waals surface area (Å²) in [6, 6.07) is 5.43.